The number of allylic oxidation sites excluding steroid dienone is 1. The molecule has 4 atom stereocenters. The van der Waals surface area contributed by atoms with Crippen LogP contribution < -0.4 is 0 Å². The van der Waals surface area contributed by atoms with Gasteiger partial charge in [-0.15, -0.1) is 0 Å². The van der Waals surface area contributed by atoms with Crippen molar-refractivity contribution in [2.24, 2.45) is 17.8 Å². The van der Waals surface area contributed by atoms with Gasteiger partial charge in [-0.3, -0.25) is 4.79 Å². The smallest absolute Gasteiger partial charge is 0.155 e. The van der Waals surface area contributed by atoms with Gasteiger partial charge in [0, 0.05) is 0 Å². The van der Waals surface area contributed by atoms with Gasteiger partial charge in [0.15, 0.2) is 5.78 Å². The summed E-state index contributed by atoms with van der Waals surface area (Å²) in [5.41, 5.74) is 2.36. The van der Waals surface area contributed by atoms with Crippen molar-refractivity contribution in [1.29, 1.82) is 0 Å². The van der Waals surface area contributed by atoms with Gasteiger partial charge in [-0.2, -0.15) is 0 Å². The third-order valence-electron chi connectivity index (χ3n) is 4.42. The Kier molecular flexibility index (Phi) is 2.03. The molecule has 2 heteroatoms. The lowest BCUT2D eigenvalue weighted by Gasteiger charge is -2.36. The largest absolute Gasteiger partial charge is 0.377 e. The van der Waals surface area contributed by atoms with Gasteiger partial charge in [0.05, 0.1) is 12.7 Å². The fourth-order valence-electron chi connectivity index (χ4n) is 3.41. The van der Waals surface area contributed by atoms with E-state index < -0.39 is 0 Å². The minimum absolute atomic E-state index is 0.272. The summed E-state index contributed by atoms with van der Waals surface area (Å²) in [7, 11) is 0. The predicted molar refractivity (Wildman–Crippen MR) is 57.4 cm³/mol. The first-order valence-corrected chi connectivity index (χ1v) is 5.98. The average molecular weight is 206 g/mol. The van der Waals surface area contributed by atoms with Gasteiger partial charge in [-0.1, -0.05) is 5.57 Å². The predicted octanol–water partition coefficient (Wildman–Crippen LogP) is 2.34. The highest BCUT2D eigenvalue weighted by Crippen LogP contribution is 2.54. The van der Waals surface area contributed by atoms with Crippen LogP contribution >= 0.6 is 0 Å². The second kappa shape index (κ2) is 3.18. The van der Waals surface area contributed by atoms with Crippen LogP contribution in [-0.4, -0.2) is 18.5 Å². The Morgan fingerprint density at radius 2 is 2.13 bits per heavy atom. The summed E-state index contributed by atoms with van der Waals surface area (Å²) in [5.74, 6) is 2.60. The van der Waals surface area contributed by atoms with Crippen molar-refractivity contribution in [3.8, 4) is 0 Å². The standard InChI is InChI=1S/C13H18O2/c1-7-3-13-12(5-10(7)8(2)14)11-4-9(11)6-15-13/h9,11-13H,3-6H2,1-2H3/t9-,11?,12?,13?/m0/s1. The zero-order valence-electron chi connectivity index (χ0n) is 9.45. The SMILES string of the molecule is CC(=O)C1=C(C)CC2OC[C@@H]3CC3C2C1. The summed E-state index contributed by atoms with van der Waals surface area (Å²) in [6.07, 6.45) is 3.72. The van der Waals surface area contributed by atoms with Crippen LogP contribution in [-0.2, 0) is 9.53 Å². The maximum Gasteiger partial charge on any atom is 0.155 e. The number of hydrogen-bond donors (Lipinski definition) is 0. The fraction of sp³-hybridized carbons (Fsp3) is 0.769. The summed E-state index contributed by atoms with van der Waals surface area (Å²) in [4.78, 5) is 11.5. The quantitative estimate of drug-likeness (QED) is 0.658. The number of rotatable bonds is 1. The first-order chi connectivity index (χ1) is 7.16. The van der Waals surface area contributed by atoms with E-state index in [1.807, 2.05) is 0 Å². The van der Waals surface area contributed by atoms with Gasteiger partial charge >= 0.3 is 0 Å². The molecule has 0 bridgehead atoms. The summed E-state index contributed by atoms with van der Waals surface area (Å²) < 4.78 is 5.89. The molecular weight excluding hydrogens is 188 g/mol. The lowest BCUT2D eigenvalue weighted by Crippen LogP contribution is -2.36. The molecule has 2 fully saturated rings. The van der Waals surface area contributed by atoms with E-state index in [1.54, 1.807) is 6.92 Å². The molecule has 0 N–H and O–H groups in total. The second-order valence-electron chi connectivity index (χ2n) is 5.42. The number of ketones is 1. The van der Waals surface area contributed by atoms with Crippen molar-refractivity contribution in [1.82, 2.24) is 0 Å². The van der Waals surface area contributed by atoms with Crippen LogP contribution in [0.25, 0.3) is 0 Å². The fourth-order valence-corrected chi connectivity index (χ4v) is 3.41. The van der Waals surface area contributed by atoms with Gasteiger partial charge in [-0.25, -0.2) is 0 Å². The Morgan fingerprint density at radius 3 is 2.87 bits per heavy atom. The minimum atomic E-state index is 0.272. The van der Waals surface area contributed by atoms with Crippen molar-refractivity contribution in [3.05, 3.63) is 11.1 Å². The summed E-state index contributed by atoms with van der Waals surface area (Å²) in [5, 5.41) is 0. The molecule has 3 rings (SSSR count). The van der Waals surface area contributed by atoms with Crippen LogP contribution in [0.15, 0.2) is 11.1 Å². The van der Waals surface area contributed by atoms with Crippen molar-refractivity contribution in [2.45, 2.75) is 39.2 Å². The molecule has 3 aliphatic rings. The molecule has 82 valence electrons. The maximum absolute atomic E-state index is 11.5. The van der Waals surface area contributed by atoms with E-state index in [4.69, 9.17) is 4.74 Å². The molecule has 1 saturated carbocycles. The highest BCUT2D eigenvalue weighted by molar-refractivity contribution is 5.94. The Balaban J connectivity index is 1.86. The van der Waals surface area contributed by atoms with Crippen molar-refractivity contribution < 1.29 is 9.53 Å². The zero-order valence-corrected chi connectivity index (χ0v) is 9.45. The molecule has 0 aromatic heterocycles. The Morgan fingerprint density at radius 1 is 1.33 bits per heavy atom. The van der Waals surface area contributed by atoms with E-state index in [0.29, 0.717) is 12.0 Å². The van der Waals surface area contributed by atoms with E-state index in [2.05, 4.69) is 6.92 Å². The van der Waals surface area contributed by atoms with Gasteiger partial charge in [0.2, 0.25) is 0 Å². The third kappa shape index (κ3) is 1.46. The minimum Gasteiger partial charge on any atom is -0.377 e. The summed E-state index contributed by atoms with van der Waals surface area (Å²) in [6, 6.07) is 0. The highest BCUT2D eigenvalue weighted by atomic mass is 16.5. The lowest BCUT2D eigenvalue weighted by atomic mass is 9.77. The number of carbonyl (C=O) groups is 1. The van der Waals surface area contributed by atoms with Crippen molar-refractivity contribution in [2.75, 3.05) is 6.61 Å². The number of ether oxygens (including phenoxy) is 1. The van der Waals surface area contributed by atoms with E-state index >= 15 is 0 Å². The average Bonchev–Trinajstić information content (AvgIpc) is 2.94. The molecule has 2 nitrogen and oxygen atoms in total. The molecule has 0 amide bonds. The molecule has 0 aromatic rings. The number of hydrogen-bond acceptors (Lipinski definition) is 2. The Bertz CT molecular complexity index is 342. The van der Waals surface area contributed by atoms with Crippen LogP contribution in [0.5, 0.6) is 0 Å². The van der Waals surface area contributed by atoms with Crippen LogP contribution in [0.3, 0.4) is 0 Å². The van der Waals surface area contributed by atoms with Gasteiger partial charge in [-0.05, 0) is 56.4 Å². The van der Waals surface area contributed by atoms with Gasteiger partial charge < -0.3 is 4.74 Å². The van der Waals surface area contributed by atoms with Crippen LogP contribution in [0.4, 0.5) is 0 Å². The molecule has 3 unspecified atom stereocenters. The van der Waals surface area contributed by atoms with Crippen LogP contribution in [0.2, 0.25) is 0 Å². The normalized spacial score (nSPS) is 43.3. The van der Waals surface area contributed by atoms with Crippen molar-refractivity contribution in [3.63, 3.8) is 0 Å². The van der Waals surface area contributed by atoms with Crippen molar-refractivity contribution >= 4 is 5.78 Å². The molecule has 1 heterocycles. The first kappa shape index (κ1) is 9.59. The molecule has 1 saturated heterocycles. The molecule has 15 heavy (non-hydrogen) atoms. The van der Waals surface area contributed by atoms with Crippen LogP contribution in [0, 0.1) is 17.8 Å². The topological polar surface area (TPSA) is 26.3 Å². The molecule has 2 aliphatic carbocycles. The lowest BCUT2D eigenvalue weighted by molar-refractivity contribution is -0.114. The third-order valence-corrected chi connectivity index (χ3v) is 4.42. The first-order valence-electron chi connectivity index (χ1n) is 5.98. The van der Waals surface area contributed by atoms with Gasteiger partial charge in [0.1, 0.15) is 0 Å². The van der Waals surface area contributed by atoms with Crippen LogP contribution in [0.1, 0.15) is 33.1 Å². The van der Waals surface area contributed by atoms with E-state index in [1.165, 1.54) is 12.0 Å². The monoisotopic (exact) mass is 206 g/mol. The molecular formula is C13H18O2. The maximum atomic E-state index is 11.5. The molecule has 1 aliphatic heterocycles. The Labute approximate surface area is 90.7 Å². The number of Topliss-reactive ketones (excluding diaryl/α,β-unsaturated/α-hetero) is 1. The molecule has 0 spiro atoms. The van der Waals surface area contributed by atoms with E-state index in [0.717, 1.165) is 36.9 Å². The highest BCUT2D eigenvalue weighted by Gasteiger charge is 2.51. The summed E-state index contributed by atoms with van der Waals surface area (Å²) in [6.45, 7) is 4.76. The number of fused-ring (bicyclic) bond motifs is 3. The molecule has 0 aromatic carbocycles. The Hall–Kier alpha value is -0.630. The zero-order chi connectivity index (χ0) is 10.6. The van der Waals surface area contributed by atoms with E-state index in [-0.39, 0.29) is 5.78 Å². The molecule has 0 radical (unpaired) electrons. The summed E-state index contributed by atoms with van der Waals surface area (Å²) >= 11 is 0. The van der Waals surface area contributed by atoms with Gasteiger partial charge in [0.25, 0.3) is 0 Å². The number of carbonyl (C=O) groups excluding carboxylic acids is 1. The second-order valence-corrected chi connectivity index (χ2v) is 5.42. The van der Waals surface area contributed by atoms with E-state index in [9.17, 15) is 4.79 Å².